The van der Waals surface area contributed by atoms with Crippen molar-refractivity contribution in [2.75, 3.05) is 26.2 Å². The van der Waals surface area contributed by atoms with Gasteiger partial charge in [0, 0.05) is 20.0 Å². The van der Waals surface area contributed by atoms with E-state index in [4.69, 9.17) is 4.74 Å². The van der Waals surface area contributed by atoms with Gasteiger partial charge < -0.3 is 19.6 Å². The number of benzene rings is 1. The highest BCUT2D eigenvalue weighted by atomic mass is 32.1. The zero-order valence-electron chi connectivity index (χ0n) is 19.5. The minimum Gasteiger partial charge on any atom is -0.503 e. The summed E-state index contributed by atoms with van der Waals surface area (Å²) in [4.78, 5) is 46.3. The maximum absolute atomic E-state index is 13.5. The van der Waals surface area contributed by atoms with Gasteiger partial charge in [-0.15, -0.1) is 11.3 Å². The van der Waals surface area contributed by atoms with Crippen molar-refractivity contribution < 1.29 is 24.2 Å². The molecule has 0 spiro atoms. The number of aliphatic hydroxyl groups excluding tert-OH is 1. The maximum Gasteiger partial charge on any atom is 0.308 e. The number of amides is 1. The van der Waals surface area contributed by atoms with Crippen LogP contribution in [0.3, 0.4) is 0 Å². The highest BCUT2D eigenvalue weighted by Gasteiger charge is 2.44. The third kappa shape index (κ3) is 5.15. The van der Waals surface area contributed by atoms with Crippen LogP contribution in [0.1, 0.15) is 52.7 Å². The van der Waals surface area contributed by atoms with Crippen LogP contribution in [-0.4, -0.2) is 63.7 Å². The Bertz CT molecular complexity index is 1090. The van der Waals surface area contributed by atoms with Gasteiger partial charge in [0.25, 0.3) is 5.91 Å². The lowest BCUT2D eigenvalue weighted by atomic mass is 9.95. The van der Waals surface area contributed by atoms with Crippen LogP contribution in [0, 0.1) is 13.8 Å². The SMILES string of the molecule is CCN(CC)CCN1C(=O)C(O)=C(C(=O)c2sc(C)nc2C)C1c1ccc(OC(C)=O)cc1. The van der Waals surface area contributed by atoms with Gasteiger partial charge >= 0.3 is 5.97 Å². The molecule has 3 rings (SSSR count). The van der Waals surface area contributed by atoms with Crippen molar-refractivity contribution in [3.63, 3.8) is 0 Å². The minimum absolute atomic E-state index is 0.0477. The Morgan fingerprint density at radius 3 is 2.33 bits per heavy atom. The molecule has 1 aliphatic heterocycles. The number of aliphatic hydroxyl groups is 1. The Hall–Kier alpha value is -3.04. The number of ketones is 1. The molecule has 0 radical (unpaired) electrons. The molecule has 1 amide bonds. The highest BCUT2D eigenvalue weighted by Crippen LogP contribution is 2.40. The predicted octanol–water partition coefficient (Wildman–Crippen LogP) is 3.61. The number of aryl methyl sites for hydroxylation is 2. The van der Waals surface area contributed by atoms with Gasteiger partial charge in [-0.25, -0.2) is 4.98 Å². The Kier molecular flexibility index (Phi) is 7.65. The highest BCUT2D eigenvalue weighted by molar-refractivity contribution is 7.14. The number of esters is 1. The Morgan fingerprint density at radius 1 is 1.18 bits per heavy atom. The lowest BCUT2D eigenvalue weighted by Crippen LogP contribution is -2.38. The van der Waals surface area contributed by atoms with Gasteiger partial charge in [-0.05, 0) is 44.6 Å². The maximum atomic E-state index is 13.5. The molecule has 9 heteroatoms. The van der Waals surface area contributed by atoms with E-state index < -0.39 is 29.5 Å². The second-order valence-corrected chi connectivity index (χ2v) is 9.03. The van der Waals surface area contributed by atoms with Gasteiger partial charge in [-0.2, -0.15) is 0 Å². The number of aromatic nitrogens is 1. The molecule has 1 atom stereocenters. The standard InChI is InChI=1S/C24H29N3O5S/c1-6-26(7-2)12-13-27-20(17-8-10-18(11-9-17)32-16(5)28)19(22(30)24(27)31)21(29)23-14(3)25-15(4)33-23/h8-11,20,30H,6-7,12-13H2,1-5H3. The molecule has 2 aromatic rings. The van der Waals surface area contributed by atoms with Crippen molar-refractivity contribution in [2.24, 2.45) is 0 Å². The van der Waals surface area contributed by atoms with E-state index in [1.165, 1.54) is 23.2 Å². The molecular weight excluding hydrogens is 442 g/mol. The molecule has 2 heterocycles. The number of carbonyl (C=O) groups excluding carboxylic acids is 3. The molecule has 0 fully saturated rings. The summed E-state index contributed by atoms with van der Waals surface area (Å²) in [6.07, 6.45) is 0. The van der Waals surface area contributed by atoms with Gasteiger partial charge in [0.05, 0.1) is 27.2 Å². The smallest absolute Gasteiger partial charge is 0.308 e. The summed E-state index contributed by atoms with van der Waals surface area (Å²) in [6, 6.07) is 5.88. The van der Waals surface area contributed by atoms with Gasteiger partial charge in [0.2, 0.25) is 5.78 Å². The van der Waals surface area contributed by atoms with Crippen LogP contribution in [0.2, 0.25) is 0 Å². The predicted molar refractivity (Wildman–Crippen MR) is 126 cm³/mol. The average Bonchev–Trinajstić information content (AvgIpc) is 3.24. The quantitative estimate of drug-likeness (QED) is 0.339. The number of hydrogen-bond acceptors (Lipinski definition) is 8. The molecule has 1 aliphatic rings. The molecule has 1 aromatic heterocycles. The molecule has 0 saturated carbocycles. The summed E-state index contributed by atoms with van der Waals surface area (Å²) in [5, 5.41) is 11.5. The van der Waals surface area contributed by atoms with Crippen molar-refractivity contribution in [2.45, 2.75) is 40.7 Å². The second kappa shape index (κ2) is 10.3. The topological polar surface area (TPSA) is 100 Å². The Labute approximate surface area is 197 Å². The van der Waals surface area contributed by atoms with Crippen LogP contribution in [-0.2, 0) is 9.59 Å². The Balaban J connectivity index is 2.03. The lowest BCUT2D eigenvalue weighted by molar-refractivity contribution is -0.132. The summed E-state index contributed by atoms with van der Waals surface area (Å²) in [7, 11) is 0. The van der Waals surface area contributed by atoms with Crippen LogP contribution >= 0.6 is 11.3 Å². The molecule has 1 unspecified atom stereocenters. The first-order valence-electron chi connectivity index (χ1n) is 10.9. The summed E-state index contributed by atoms with van der Waals surface area (Å²) in [6.45, 7) is 11.5. The van der Waals surface area contributed by atoms with Crippen molar-refractivity contribution >= 4 is 29.0 Å². The second-order valence-electron chi connectivity index (χ2n) is 7.83. The Morgan fingerprint density at radius 2 is 1.82 bits per heavy atom. The first-order valence-corrected chi connectivity index (χ1v) is 11.7. The molecule has 1 N–H and O–H groups in total. The lowest BCUT2D eigenvalue weighted by Gasteiger charge is -2.29. The number of nitrogens with zero attached hydrogens (tertiary/aromatic N) is 3. The van der Waals surface area contributed by atoms with Crippen LogP contribution in [0.5, 0.6) is 5.75 Å². The van der Waals surface area contributed by atoms with E-state index in [1.54, 1.807) is 31.2 Å². The number of likely N-dealkylation sites (N-methyl/N-ethyl adjacent to an activating group) is 1. The number of carbonyl (C=O) groups is 3. The van der Waals surface area contributed by atoms with E-state index in [2.05, 4.69) is 9.88 Å². The zero-order chi connectivity index (χ0) is 24.3. The monoisotopic (exact) mass is 471 g/mol. The molecule has 0 saturated heterocycles. The van der Waals surface area contributed by atoms with Gasteiger partial charge in [0.15, 0.2) is 5.76 Å². The molecule has 1 aromatic carbocycles. The number of rotatable bonds is 9. The normalized spacial score (nSPS) is 16.1. The number of ether oxygens (including phenoxy) is 1. The summed E-state index contributed by atoms with van der Waals surface area (Å²) in [5.74, 6) is -1.58. The fraction of sp³-hybridized carbons (Fsp3) is 0.417. The minimum atomic E-state index is -0.756. The molecule has 33 heavy (non-hydrogen) atoms. The third-order valence-electron chi connectivity index (χ3n) is 5.67. The van der Waals surface area contributed by atoms with Crippen molar-refractivity contribution in [3.8, 4) is 5.75 Å². The van der Waals surface area contributed by atoms with Crippen LogP contribution in [0.25, 0.3) is 0 Å². The van der Waals surface area contributed by atoms with E-state index in [9.17, 15) is 19.5 Å². The van der Waals surface area contributed by atoms with Crippen molar-refractivity contribution in [1.82, 2.24) is 14.8 Å². The fourth-order valence-corrected chi connectivity index (χ4v) is 4.87. The average molecular weight is 472 g/mol. The molecule has 176 valence electrons. The fourth-order valence-electron chi connectivity index (χ4n) is 4.00. The van der Waals surface area contributed by atoms with E-state index in [-0.39, 0.29) is 5.57 Å². The van der Waals surface area contributed by atoms with Gasteiger partial charge in [-0.3, -0.25) is 14.4 Å². The van der Waals surface area contributed by atoms with Crippen LogP contribution in [0.4, 0.5) is 0 Å². The van der Waals surface area contributed by atoms with Crippen molar-refractivity contribution in [3.05, 3.63) is 56.7 Å². The largest absolute Gasteiger partial charge is 0.503 e. The van der Waals surface area contributed by atoms with E-state index >= 15 is 0 Å². The van der Waals surface area contributed by atoms with Crippen LogP contribution in [0.15, 0.2) is 35.6 Å². The summed E-state index contributed by atoms with van der Waals surface area (Å²) < 4.78 is 5.11. The molecular formula is C24H29N3O5S. The summed E-state index contributed by atoms with van der Waals surface area (Å²) >= 11 is 1.24. The first-order chi connectivity index (χ1) is 15.7. The van der Waals surface area contributed by atoms with E-state index in [0.717, 1.165) is 18.1 Å². The van der Waals surface area contributed by atoms with Crippen molar-refractivity contribution in [1.29, 1.82) is 0 Å². The number of hydrogen-bond donors (Lipinski definition) is 1. The van der Waals surface area contributed by atoms with E-state index in [1.807, 2.05) is 20.8 Å². The van der Waals surface area contributed by atoms with Gasteiger partial charge in [0.1, 0.15) is 5.75 Å². The van der Waals surface area contributed by atoms with Crippen LogP contribution < -0.4 is 4.74 Å². The number of thiazole rings is 1. The van der Waals surface area contributed by atoms with Gasteiger partial charge in [-0.1, -0.05) is 26.0 Å². The molecule has 8 nitrogen and oxygen atoms in total. The third-order valence-corrected chi connectivity index (χ3v) is 6.74. The zero-order valence-corrected chi connectivity index (χ0v) is 20.4. The summed E-state index contributed by atoms with van der Waals surface area (Å²) in [5.41, 5.74) is 1.26. The number of Topliss-reactive ketones (excluding diaryl/α,β-unsaturated/α-hetero) is 1. The molecule has 0 aliphatic carbocycles. The molecule has 0 bridgehead atoms. The first kappa shape index (κ1) is 24.6. The van der Waals surface area contributed by atoms with E-state index in [0.29, 0.717) is 35.0 Å².